The molecule has 0 radical (unpaired) electrons. The lowest BCUT2D eigenvalue weighted by atomic mass is 10.3. The van der Waals surface area contributed by atoms with Gasteiger partial charge in [-0.1, -0.05) is 34.6 Å². The van der Waals surface area contributed by atoms with Gasteiger partial charge in [0.15, 0.2) is 0 Å². The van der Waals surface area contributed by atoms with E-state index in [1.165, 1.54) is 0 Å². The molecule has 1 aromatic heterocycles. The molecule has 0 atom stereocenters. The van der Waals surface area contributed by atoms with Crippen molar-refractivity contribution in [1.29, 1.82) is 0 Å². The second-order valence-corrected chi connectivity index (χ2v) is 2.81. The van der Waals surface area contributed by atoms with Crippen molar-refractivity contribution in [2.45, 2.75) is 47.7 Å². The summed E-state index contributed by atoms with van der Waals surface area (Å²) in [5.74, 6) is 1.10. The molecule has 2 rings (SSSR count). The van der Waals surface area contributed by atoms with E-state index >= 15 is 0 Å². The van der Waals surface area contributed by atoms with Gasteiger partial charge in [-0.2, -0.15) is 0 Å². The topological polar surface area (TPSA) is 34.0 Å². The van der Waals surface area contributed by atoms with Crippen molar-refractivity contribution in [3.8, 4) is 0 Å². The molecule has 1 aliphatic rings. The summed E-state index contributed by atoms with van der Waals surface area (Å²) in [5, 5.41) is 7.89. The van der Waals surface area contributed by atoms with Gasteiger partial charge in [0.1, 0.15) is 12.2 Å². The highest BCUT2D eigenvalue weighted by atomic mass is 15.3. The van der Waals surface area contributed by atoms with Gasteiger partial charge < -0.3 is 4.57 Å². The van der Waals surface area contributed by atoms with E-state index in [9.17, 15) is 0 Å². The molecule has 2 heterocycles. The van der Waals surface area contributed by atoms with Gasteiger partial charge in [0.05, 0.1) is 6.54 Å². The second kappa shape index (κ2) is 8.41. The van der Waals surface area contributed by atoms with Gasteiger partial charge in [-0.3, -0.25) is 4.90 Å². The third kappa shape index (κ3) is 4.00. The number of hydrogen-bond donors (Lipinski definition) is 0. The van der Waals surface area contributed by atoms with E-state index in [4.69, 9.17) is 0 Å². The molecule has 4 nitrogen and oxygen atoms in total. The summed E-state index contributed by atoms with van der Waals surface area (Å²) in [6, 6.07) is 0. The standard InChI is InChI=1S/C7H12N4.2C2H6/c1-2-10-3-4-11-6-8-9-7(11)5-10;2*1-2/h6H,2-5H2,1H3;2*1-2H3. The average molecular weight is 212 g/mol. The van der Waals surface area contributed by atoms with Crippen molar-refractivity contribution in [3.63, 3.8) is 0 Å². The third-order valence-electron chi connectivity index (χ3n) is 2.17. The summed E-state index contributed by atoms with van der Waals surface area (Å²) in [6.07, 6.45) is 1.81. The number of aromatic nitrogens is 3. The minimum atomic E-state index is 0.955. The summed E-state index contributed by atoms with van der Waals surface area (Å²) in [5.41, 5.74) is 0. The van der Waals surface area contributed by atoms with Crippen LogP contribution in [0.25, 0.3) is 0 Å². The summed E-state index contributed by atoms with van der Waals surface area (Å²) < 4.78 is 2.12. The number of likely N-dealkylation sites (N-methyl/N-ethyl adjacent to an activating group) is 1. The van der Waals surface area contributed by atoms with Crippen molar-refractivity contribution in [2.24, 2.45) is 0 Å². The first kappa shape index (κ1) is 14.1. The molecule has 0 saturated carbocycles. The molecule has 0 aliphatic carbocycles. The van der Waals surface area contributed by atoms with E-state index in [0.29, 0.717) is 0 Å². The van der Waals surface area contributed by atoms with Crippen molar-refractivity contribution < 1.29 is 0 Å². The Labute approximate surface area is 93.3 Å². The lowest BCUT2D eigenvalue weighted by Crippen LogP contribution is -2.33. The lowest BCUT2D eigenvalue weighted by molar-refractivity contribution is 0.228. The second-order valence-electron chi connectivity index (χ2n) is 2.81. The van der Waals surface area contributed by atoms with Gasteiger partial charge in [0.2, 0.25) is 0 Å². The largest absolute Gasteiger partial charge is 0.315 e. The highest BCUT2D eigenvalue weighted by Crippen LogP contribution is 2.07. The fourth-order valence-corrected chi connectivity index (χ4v) is 1.39. The van der Waals surface area contributed by atoms with Crippen LogP contribution in [0.3, 0.4) is 0 Å². The maximum Gasteiger partial charge on any atom is 0.147 e. The van der Waals surface area contributed by atoms with E-state index < -0.39 is 0 Å². The van der Waals surface area contributed by atoms with Gasteiger partial charge in [-0.05, 0) is 6.54 Å². The Morgan fingerprint density at radius 3 is 2.47 bits per heavy atom. The zero-order chi connectivity index (χ0) is 11.7. The highest BCUT2D eigenvalue weighted by Gasteiger charge is 2.14. The number of fused-ring (bicyclic) bond motifs is 1. The Morgan fingerprint density at radius 1 is 1.20 bits per heavy atom. The first-order valence-corrected chi connectivity index (χ1v) is 5.99. The van der Waals surface area contributed by atoms with Crippen molar-refractivity contribution >= 4 is 0 Å². The SMILES string of the molecule is CC.CC.CCN1CCn2cnnc2C1. The molecule has 0 spiro atoms. The molecule has 1 aliphatic heterocycles. The molecule has 0 amide bonds. The third-order valence-corrected chi connectivity index (χ3v) is 2.17. The van der Waals surface area contributed by atoms with Gasteiger partial charge in [-0.15, -0.1) is 10.2 Å². The van der Waals surface area contributed by atoms with Crippen LogP contribution < -0.4 is 0 Å². The zero-order valence-corrected chi connectivity index (χ0v) is 10.7. The molecule has 0 aromatic carbocycles. The van der Waals surface area contributed by atoms with Crippen LogP contribution in [0.2, 0.25) is 0 Å². The molecule has 1 aromatic rings. The first-order chi connectivity index (χ1) is 7.40. The molecule has 0 bridgehead atoms. The molecule has 15 heavy (non-hydrogen) atoms. The van der Waals surface area contributed by atoms with Crippen LogP contribution in [0.5, 0.6) is 0 Å². The van der Waals surface area contributed by atoms with Crippen LogP contribution in [0, 0.1) is 0 Å². The molecular formula is C11H24N4. The quantitative estimate of drug-likeness (QED) is 0.715. The molecule has 0 saturated heterocycles. The van der Waals surface area contributed by atoms with Crippen molar-refractivity contribution in [3.05, 3.63) is 12.2 Å². The van der Waals surface area contributed by atoms with Crippen LogP contribution in [-0.4, -0.2) is 32.8 Å². The average Bonchev–Trinajstić information content (AvgIpc) is 2.81. The van der Waals surface area contributed by atoms with E-state index in [-0.39, 0.29) is 0 Å². The van der Waals surface area contributed by atoms with Crippen LogP contribution in [0.1, 0.15) is 40.4 Å². The minimum Gasteiger partial charge on any atom is -0.315 e. The number of nitrogens with zero attached hydrogens (tertiary/aromatic N) is 4. The number of hydrogen-bond acceptors (Lipinski definition) is 3. The van der Waals surface area contributed by atoms with E-state index in [0.717, 1.165) is 32.0 Å². The molecule has 0 N–H and O–H groups in total. The molecule has 0 fully saturated rings. The molecule has 88 valence electrons. The van der Waals surface area contributed by atoms with Crippen molar-refractivity contribution in [1.82, 2.24) is 19.7 Å². The molecule has 4 heteroatoms. The van der Waals surface area contributed by atoms with E-state index in [1.807, 2.05) is 34.0 Å². The predicted octanol–water partition coefficient (Wildman–Crippen LogP) is 2.17. The Bertz CT molecular complexity index is 244. The fourth-order valence-electron chi connectivity index (χ4n) is 1.39. The Morgan fingerprint density at radius 2 is 1.87 bits per heavy atom. The molecular weight excluding hydrogens is 188 g/mol. The zero-order valence-electron chi connectivity index (χ0n) is 10.7. The molecule has 0 unspecified atom stereocenters. The smallest absolute Gasteiger partial charge is 0.147 e. The van der Waals surface area contributed by atoms with Gasteiger partial charge in [0.25, 0.3) is 0 Å². The Kier molecular flexibility index (Phi) is 7.91. The van der Waals surface area contributed by atoms with Crippen LogP contribution in [-0.2, 0) is 13.1 Å². The summed E-state index contributed by atoms with van der Waals surface area (Å²) in [6.45, 7) is 14.4. The maximum atomic E-state index is 4.03. The maximum absolute atomic E-state index is 4.03. The lowest BCUT2D eigenvalue weighted by Gasteiger charge is -2.25. The van der Waals surface area contributed by atoms with Crippen molar-refractivity contribution in [2.75, 3.05) is 13.1 Å². The Hall–Kier alpha value is -0.900. The van der Waals surface area contributed by atoms with Gasteiger partial charge in [-0.25, -0.2) is 0 Å². The van der Waals surface area contributed by atoms with Crippen LogP contribution in [0.4, 0.5) is 0 Å². The van der Waals surface area contributed by atoms with E-state index in [2.05, 4.69) is 26.6 Å². The monoisotopic (exact) mass is 212 g/mol. The highest BCUT2D eigenvalue weighted by molar-refractivity contribution is 4.89. The Balaban J connectivity index is 0.000000442. The summed E-state index contributed by atoms with van der Waals surface area (Å²) in [4.78, 5) is 2.37. The minimum absolute atomic E-state index is 0.955. The van der Waals surface area contributed by atoms with Gasteiger partial charge >= 0.3 is 0 Å². The van der Waals surface area contributed by atoms with Crippen LogP contribution in [0.15, 0.2) is 6.33 Å². The number of rotatable bonds is 1. The summed E-state index contributed by atoms with van der Waals surface area (Å²) >= 11 is 0. The van der Waals surface area contributed by atoms with Gasteiger partial charge in [0, 0.05) is 13.1 Å². The normalized spacial score (nSPS) is 14.2. The van der Waals surface area contributed by atoms with E-state index in [1.54, 1.807) is 0 Å². The fraction of sp³-hybridized carbons (Fsp3) is 0.818. The first-order valence-electron chi connectivity index (χ1n) is 5.99. The summed E-state index contributed by atoms with van der Waals surface area (Å²) in [7, 11) is 0. The van der Waals surface area contributed by atoms with Crippen LogP contribution >= 0.6 is 0 Å². The predicted molar refractivity (Wildman–Crippen MR) is 63.7 cm³/mol.